The van der Waals surface area contributed by atoms with Crippen molar-refractivity contribution in [1.82, 2.24) is 15.5 Å². The van der Waals surface area contributed by atoms with Gasteiger partial charge in [-0.3, -0.25) is 0 Å². The molecular formula is C15H18N4O4S. The van der Waals surface area contributed by atoms with Crippen LogP contribution in [-0.4, -0.2) is 50.4 Å². The summed E-state index contributed by atoms with van der Waals surface area (Å²) < 4.78 is 25.5. The first kappa shape index (κ1) is 16.3. The Morgan fingerprint density at radius 2 is 2.25 bits per heavy atom. The van der Waals surface area contributed by atoms with Crippen LogP contribution in [0.25, 0.3) is 0 Å². The molecule has 1 unspecified atom stereocenters. The number of anilines is 1. The largest absolute Gasteiger partial charge is 0.384 e. The number of nitrogens with one attached hydrogen (secondary N) is 3. The van der Waals surface area contributed by atoms with Gasteiger partial charge in [-0.1, -0.05) is 6.08 Å². The molecule has 1 fully saturated rings. The first-order valence-corrected chi connectivity index (χ1v) is 9.05. The number of fused-ring (bicyclic) bond motifs is 1. The molecule has 2 heterocycles. The van der Waals surface area contributed by atoms with E-state index in [1.165, 1.54) is 12.1 Å². The number of rotatable bonds is 4. The van der Waals surface area contributed by atoms with Gasteiger partial charge in [-0.25, -0.2) is 22.9 Å². The van der Waals surface area contributed by atoms with Crippen molar-refractivity contribution in [3.05, 3.63) is 36.4 Å². The summed E-state index contributed by atoms with van der Waals surface area (Å²) in [5.74, 6) is 0. The van der Waals surface area contributed by atoms with E-state index >= 15 is 0 Å². The van der Waals surface area contributed by atoms with Crippen molar-refractivity contribution in [3.8, 4) is 0 Å². The molecule has 1 atom stereocenters. The number of carbonyl (C=O) groups is 2. The van der Waals surface area contributed by atoms with E-state index in [-0.39, 0.29) is 18.0 Å². The fourth-order valence-corrected chi connectivity index (χ4v) is 4.23. The molecule has 3 N–H and O–H groups in total. The third-order valence-corrected chi connectivity index (χ3v) is 5.94. The third kappa shape index (κ3) is 2.82. The Labute approximate surface area is 139 Å². The smallest absolute Gasteiger partial charge is 0.326 e. The fourth-order valence-electron chi connectivity index (χ4n) is 2.74. The molecular weight excluding hydrogens is 332 g/mol. The molecule has 0 spiro atoms. The van der Waals surface area contributed by atoms with Crippen LogP contribution in [0.5, 0.6) is 0 Å². The highest BCUT2D eigenvalue weighted by Gasteiger charge is 2.41. The summed E-state index contributed by atoms with van der Waals surface area (Å²) in [6.07, 6.45) is 2.23. The van der Waals surface area contributed by atoms with Gasteiger partial charge >= 0.3 is 12.1 Å². The molecule has 1 aromatic rings. The van der Waals surface area contributed by atoms with Gasteiger partial charge in [0.2, 0.25) is 9.84 Å². The van der Waals surface area contributed by atoms with Crippen LogP contribution < -0.4 is 16.0 Å². The Balaban J connectivity index is 1.80. The zero-order chi connectivity index (χ0) is 17.3. The number of amides is 4. The first-order valence-electron chi connectivity index (χ1n) is 7.51. The van der Waals surface area contributed by atoms with Crippen LogP contribution in [0.1, 0.15) is 5.56 Å². The molecule has 1 saturated heterocycles. The van der Waals surface area contributed by atoms with Crippen molar-refractivity contribution >= 4 is 27.6 Å². The molecule has 8 nitrogen and oxygen atoms in total. The van der Waals surface area contributed by atoms with Crippen LogP contribution in [0.2, 0.25) is 0 Å². The lowest BCUT2D eigenvalue weighted by Crippen LogP contribution is -2.41. The first-order chi connectivity index (χ1) is 11.4. The van der Waals surface area contributed by atoms with Crippen molar-refractivity contribution in [1.29, 1.82) is 0 Å². The van der Waals surface area contributed by atoms with E-state index in [2.05, 4.69) is 22.5 Å². The number of imide groups is 1. The second-order valence-corrected chi connectivity index (χ2v) is 7.69. The summed E-state index contributed by atoms with van der Waals surface area (Å²) in [6.45, 7) is 4.20. The van der Waals surface area contributed by atoms with E-state index in [4.69, 9.17) is 0 Å². The molecule has 9 heteroatoms. The van der Waals surface area contributed by atoms with Crippen LogP contribution in [0, 0.1) is 0 Å². The van der Waals surface area contributed by atoms with Gasteiger partial charge in [0.25, 0.3) is 0 Å². The maximum atomic E-state index is 12.8. The maximum Gasteiger partial charge on any atom is 0.326 e. The lowest BCUT2D eigenvalue weighted by Gasteiger charge is -2.14. The summed E-state index contributed by atoms with van der Waals surface area (Å²) in [5, 5.41) is 6.82. The van der Waals surface area contributed by atoms with Crippen molar-refractivity contribution in [2.45, 2.75) is 16.7 Å². The number of sulfone groups is 1. The maximum absolute atomic E-state index is 12.8. The molecule has 4 amide bonds. The average molecular weight is 350 g/mol. The summed E-state index contributed by atoms with van der Waals surface area (Å²) in [7, 11) is -3.78. The van der Waals surface area contributed by atoms with Gasteiger partial charge in [0, 0.05) is 18.8 Å². The van der Waals surface area contributed by atoms with E-state index in [0.29, 0.717) is 0 Å². The van der Waals surface area contributed by atoms with E-state index in [0.717, 1.165) is 29.1 Å². The summed E-state index contributed by atoms with van der Waals surface area (Å²) >= 11 is 0. The standard InChI is InChI=1S/C15H18N4O4S/c1-2-6-17-14(20)19-9-13(18-15(19)21)24(22,23)11-3-4-12-10(8-11)5-7-16-12/h2-4,8,13,16H,1,5-7,9H2,(H,17,20)(H,18,21). The normalized spacial score (nSPS) is 19.4. The number of hydrogen-bond donors (Lipinski definition) is 3. The summed E-state index contributed by atoms with van der Waals surface area (Å²) in [5.41, 5.74) is 1.86. The number of carbonyl (C=O) groups excluding carboxylic acids is 2. The van der Waals surface area contributed by atoms with Gasteiger partial charge in [0.15, 0.2) is 5.37 Å². The van der Waals surface area contributed by atoms with Crippen molar-refractivity contribution < 1.29 is 18.0 Å². The zero-order valence-electron chi connectivity index (χ0n) is 12.9. The van der Waals surface area contributed by atoms with E-state index in [1.54, 1.807) is 12.1 Å². The molecule has 1 aromatic carbocycles. The van der Waals surface area contributed by atoms with Crippen LogP contribution in [-0.2, 0) is 16.3 Å². The fraction of sp³-hybridized carbons (Fsp3) is 0.333. The minimum Gasteiger partial charge on any atom is -0.384 e. The van der Waals surface area contributed by atoms with Crippen LogP contribution in [0.3, 0.4) is 0 Å². The van der Waals surface area contributed by atoms with Crippen LogP contribution in [0.15, 0.2) is 35.7 Å². The van der Waals surface area contributed by atoms with Crippen molar-refractivity contribution in [2.24, 2.45) is 0 Å². The van der Waals surface area contributed by atoms with E-state index in [9.17, 15) is 18.0 Å². The SMILES string of the molecule is C=CCNC(=O)N1CC(S(=O)(=O)c2ccc3c(c2)CCN3)NC1=O. The van der Waals surface area contributed by atoms with E-state index in [1.807, 2.05) is 0 Å². The summed E-state index contributed by atoms with van der Waals surface area (Å²) in [4.78, 5) is 24.8. The molecule has 0 radical (unpaired) electrons. The number of benzene rings is 1. The molecule has 0 aliphatic carbocycles. The predicted molar refractivity (Wildman–Crippen MR) is 88.4 cm³/mol. The Morgan fingerprint density at radius 3 is 3.00 bits per heavy atom. The molecule has 24 heavy (non-hydrogen) atoms. The van der Waals surface area contributed by atoms with Gasteiger partial charge in [-0.05, 0) is 30.2 Å². The molecule has 0 aromatic heterocycles. The number of hydrogen-bond acceptors (Lipinski definition) is 5. The minimum absolute atomic E-state index is 0.142. The van der Waals surface area contributed by atoms with Crippen molar-refractivity contribution in [3.63, 3.8) is 0 Å². The summed E-state index contributed by atoms with van der Waals surface area (Å²) in [6, 6.07) is 3.48. The van der Waals surface area contributed by atoms with Gasteiger partial charge < -0.3 is 16.0 Å². The Bertz CT molecular complexity index is 806. The Morgan fingerprint density at radius 1 is 1.46 bits per heavy atom. The number of urea groups is 2. The molecule has 0 saturated carbocycles. The molecule has 3 rings (SSSR count). The van der Waals surface area contributed by atoms with Gasteiger partial charge in [0.1, 0.15) is 0 Å². The molecule has 2 aliphatic rings. The monoisotopic (exact) mass is 350 g/mol. The van der Waals surface area contributed by atoms with E-state index < -0.39 is 27.3 Å². The quantitative estimate of drug-likeness (QED) is 0.692. The second-order valence-electron chi connectivity index (χ2n) is 5.56. The molecule has 128 valence electrons. The lowest BCUT2D eigenvalue weighted by atomic mass is 10.2. The van der Waals surface area contributed by atoms with Gasteiger partial charge in [-0.2, -0.15) is 0 Å². The Hall–Kier alpha value is -2.55. The van der Waals surface area contributed by atoms with Gasteiger partial charge in [-0.15, -0.1) is 6.58 Å². The molecule has 2 aliphatic heterocycles. The zero-order valence-corrected chi connectivity index (χ0v) is 13.7. The second kappa shape index (κ2) is 6.16. The highest BCUT2D eigenvalue weighted by Crippen LogP contribution is 2.27. The highest BCUT2D eigenvalue weighted by molar-refractivity contribution is 7.92. The molecule has 0 bridgehead atoms. The lowest BCUT2D eigenvalue weighted by molar-refractivity contribution is 0.199. The van der Waals surface area contributed by atoms with Gasteiger partial charge in [0.05, 0.1) is 11.4 Å². The highest BCUT2D eigenvalue weighted by atomic mass is 32.2. The Kier molecular flexibility index (Phi) is 4.18. The topological polar surface area (TPSA) is 108 Å². The van der Waals surface area contributed by atoms with Crippen molar-refractivity contribution in [2.75, 3.05) is 25.0 Å². The minimum atomic E-state index is -3.78. The van der Waals surface area contributed by atoms with Crippen LogP contribution in [0.4, 0.5) is 15.3 Å². The third-order valence-electron chi connectivity index (χ3n) is 4.01. The average Bonchev–Trinajstić information content (AvgIpc) is 3.18. The predicted octanol–water partition coefficient (Wildman–Crippen LogP) is 0.675. The van der Waals surface area contributed by atoms with Crippen LogP contribution >= 0.6 is 0 Å². The number of nitrogens with zero attached hydrogens (tertiary/aromatic N) is 1.